The highest BCUT2D eigenvalue weighted by Gasteiger charge is 2.42. The van der Waals surface area contributed by atoms with Crippen LogP contribution in [0.4, 0.5) is 5.82 Å². The van der Waals surface area contributed by atoms with E-state index < -0.39 is 0 Å². The quantitative estimate of drug-likeness (QED) is 0.351. The number of nitrogens with one attached hydrogen (secondary N) is 1. The number of rotatable bonds is 6. The minimum Gasteiger partial charge on any atom is -0.372 e. The van der Waals surface area contributed by atoms with E-state index >= 15 is 0 Å². The van der Waals surface area contributed by atoms with Crippen LogP contribution in [0.5, 0.6) is 0 Å². The van der Waals surface area contributed by atoms with Gasteiger partial charge in [-0.05, 0) is 64.5 Å². The lowest BCUT2D eigenvalue weighted by atomic mass is 9.82. The Labute approximate surface area is 274 Å². The number of piperidine rings is 2. The van der Waals surface area contributed by atoms with Crippen molar-refractivity contribution in [1.29, 1.82) is 0 Å². The number of fused-ring (bicyclic) bond motifs is 2. The van der Waals surface area contributed by atoms with E-state index in [4.69, 9.17) is 37.8 Å². The van der Waals surface area contributed by atoms with Gasteiger partial charge >= 0.3 is 0 Å². The number of ether oxygens (including phenoxy) is 2. The minimum absolute atomic E-state index is 0.0163. The van der Waals surface area contributed by atoms with Crippen molar-refractivity contribution in [3.8, 4) is 11.1 Å². The summed E-state index contributed by atoms with van der Waals surface area (Å²) in [6.07, 6.45) is 7.37. The van der Waals surface area contributed by atoms with E-state index in [1.165, 1.54) is 6.08 Å². The van der Waals surface area contributed by atoms with Gasteiger partial charge in [0.2, 0.25) is 5.91 Å². The monoisotopic (exact) mass is 655 g/mol. The molecule has 0 spiro atoms. The molecule has 2 aromatic heterocycles. The van der Waals surface area contributed by atoms with Gasteiger partial charge in [0.1, 0.15) is 0 Å². The summed E-state index contributed by atoms with van der Waals surface area (Å²) in [5, 5.41) is 14.7. The van der Waals surface area contributed by atoms with Crippen LogP contribution in [0.3, 0.4) is 0 Å². The van der Waals surface area contributed by atoms with Crippen LogP contribution >= 0.6 is 23.2 Å². The van der Waals surface area contributed by atoms with Gasteiger partial charge in [-0.2, -0.15) is 10.2 Å². The number of hydrogen-bond donors (Lipinski definition) is 1. The molecule has 0 saturated carbocycles. The van der Waals surface area contributed by atoms with Crippen molar-refractivity contribution in [2.24, 2.45) is 5.92 Å². The molecule has 4 aliphatic heterocycles. The zero-order valence-electron chi connectivity index (χ0n) is 26.4. The van der Waals surface area contributed by atoms with Crippen LogP contribution in [0.25, 0.3) is 22.0 Å². The zero-order valence-corrected chi connectivity index (χ0v) is 27.9. The standard InChI is InChI=1S/C33H43Cl2N7O3/c1-5-28(43)40-9-7-22(8-10-40)42-20(2)29(30-23-16-36-37-25(23)14-24(34)31(30)35)32(38-42)41-11-6-21(15-33(41,3)4)17-39-18-26-27(19-39)45-13-12-44-26/h5,14,16,21-22,26-27H,1,6-13,15,17-19H2,2-4H3,(H,36,37)/t21?,26-,27+. The van der Waals surface area contributed by atoms with Crippen LogP contribution in [0, 0.1) is 12.8 Å². The van der Waals surface area contributed by atoms with Crippen molar-refractivity contribution < 1.29 is 14.3 Å². The fourth-order valence-corrected chi connectivity index (χ4v) is 8.67. The molecule has 4 saturated heterocycles. The molecule has 0 aliphatic carbocycles. The molecule has 242 valence electrons. The molecular weight excluding hydrogens is 613 g/mol. The fraction of sp³-hybridized carbons (Fsp3) is 0.606. The number of amides is 1. The van der Waals surface area contributed by atoms with E-state index in [1.54, 1.807) is 0 Å². The van der Waals surface area contributed by atoms with E-state index in [9.17, 15) is 4.79 Å². The summed E-state index contributed by atoms with van der Waals surface area (Å²) in [5.41, 5.74) is 3.60. The number of halogens is 2. The first-order valence-electron chi connectivity index (χ1n) is 16.2. The highest BCUT2D eigenvalue weighted by molar-refractivity contribution is 6.45. The maximum absolute atomic E-state index is 12.3. The van der Waals surface area contributed by atoms with Crippen LogP contribution in [0.2, 0.25) is 10.0 Å². The first-order valence-corrected chi connectivity index (χ1v) is 16.9. The van der Waals surface area contributed by atoms with Gasteiger partial charge in [-0.15, -0.1) is 0 Å². The Morgan fingerprint density at radius 3 is 2.49 bits per heavy atom. The number of anilines is 1. The number of aromatic amines is 1. The molecule has 45 heavy (non-hydrogen) atoms. The Hall–Kier alpha value is -2.63. The number of aromatic nitrogens is 4. The summed E-state index contributed by atoms with van der Waals surface area (Å²) in [7, 11) is 0. The summed E-state index contributed by atoms with van der Waals surface area (Å²) in [6, 6.07) is 1.99. The van der Waals surface area contributed by atoms with Crippen LogP contribution in [0.1, 0.15) is 51.3 Å². The number of H-pyrrole nitrogens is 1. The van der Waals surface area contributed by atoms with Gasteiger partial charge in [-0.25, -0.2) is 0 Å². The second kappa shape index (κ2) is 12.2. The number of likely N-dealkylation sites (tertiary alicyclic amines) is 2. The lowest BCUT2D eigenvalue weighted by Gasteiger charge is -2.47. The van der Waals surface area contributed by atoms with Gasteiger partial charge in [-0.3, -0.25) is 19.5 Å². The molecule has 7 rings (SSSR count). The SMILES string of the molecule is C=CC(=O)N1CCC(n2nc(N3CCC(CN4C[C@@H]5OCCO[C@@H]5C4)CC3(C)C)c(-c3c(Cl)c(Cl)cc4[nH]ncc34)c2C)CC1. The molecular formula is C33H43Cl2N7O3. The predicted octanol–water partition coefficient (Wildman–Crippen LogP) is 5.49. The van der Waals surface area contributed by atoms with Gasteiger partial charge in [0.25, 0.3) is 0 Å². The summed E-state index contributed by atoms with van der Waals surface area (Å²) in [5.74, 6) is 1.48. The molecule has 6 heterocycles. The number of carbonyl (C=O) groups excluding carboxylic acids is 1. The largest absolute Gasteiger partial charge is 0.372 e. The number of nitrogens with zero attached hydrogens (tertiary/aromatic N) is 6. The third kappa shape index (κ3) is 5.67. The van der Waals surface area contributed by atoms with Crippen molar-refractivity contribution in [1.82, 2.24) is 29.8 Å². The maximum Gasteiger partial charge on any atom is 0.245 e. The van der Waals surface area contributed by atoms with Crippen LogP contribution in [-0.2, 0) is 14.3 Å². The molecule has 0 bridgehead atoms. The molecule has 0 radical (unpaired) electrons. The molecule has 1 amide bonds. The number of hydrogen-bond acceptors (Lipinski definition) is 7. The smallest absolute Gasteiger partial charge is 0.245 e. The van der Waals surface area contributed by atoms with E-state index in [2.05, 4.69) is 52.0 Å². The first-order chi connectivity index (χ1) is 21.6. The Bertz CT molecular complexity index is 1580. The van der Waals surface area contributed by atoms with Gasteiger partial charge in [0.15, 0.2) is 5.82 Å². The second-order valence-corrected chi connectivity index (χ2v) is 14.5. The average Bonchev–Trinajstić information content (AvgIpc) is 3.74. The van der Waals surface area contributed by atoms with Gasteiger partial charge < -0.3 is 19.3 Å². The van der Waals surface area contributed by atoms with E-state index in [0.29, 0.717) is 42.3 Å². The maximum atomic E-state index is 12.3. The third-order valence-electron chi connectivity index (χ3n) is 10.4. The second-order valence-electron chi connectivity index (χ2n) is 13.7. The fourth-order valence-electron chi connectivity index (χ4n) is 8.21. The molecule has 12 heteroatoms. The first kappa shape index (κ1) is 31.0. The molecule has 3 atom stereocenters. The lowest BCUT2D eigenvalue weighted by Crippen LogP contribution is -2.52. The van der Waals surface area contributed by atoms with Crippen molar-refractivity contribution in [2.45, 2.75) is 70.2 Å². The molecule has 3 aromatic rings. The Kier molecular flexibility index (Phi) is 8.40. The topological polar surface area (TPSA) is 91.8 Å². The van der Waals surface area contributed by atoms with Crippen LogP contribution < -0.4 is 4.90 Å². The van der Waals surface area contributed by atoms with Crippen LogP contribution in [-0.4, -0.2) is 106 Å². The Balaban J connectivity index is 1.22. The highest BCUT2D eigenvalue weighted by Crippen LogP contribution is 2.48. The van der Waals surface area contributed by atoms with Crippen molar-refractivity contribution in [3.05, 3.63) is 40.7 Å². The highest BCUT2D eigenvalue weighted by atomic mass is 35.5. The molecule has 4 fully saturated rings. The van der Waals surface area contributed by atoms with Crippen molar-refractivity contribution >= 4 is 45.8 Å². The summed E-state index contributed by atoms with van der Waals surface area (Å²) < 4.78 is 14.1. The third-order valence-corrected chi connectivity index (χ3v) is 11.2. The van der Waals surface area contributed by atoms with Gasteiger partial charge in [0, 0.05) is 67.0 Å². The summed E-state index contributed by atoms with van der Waals surface area (Å²) in [6.45, 7) is 17.0. The molecule has 10 nitrogen and oxygen atoms in total. The number of benzene rings is 1. The van der Waals surface area contributed by atoms with E-state index in [-0.39, 0.29) is 29.7 Å². The number of carbonyl (C=O) groups is 1. The van der Waals surface area contributed by atoms with Gasteiger partial charge in [0.05, 0.1) is 53.2 Å². The molecule has 1 N–H and O–H groups in total. The minimum atomic E-state index is -0.150. The normalized spacial score (nSPS) is 26.0. The summed E-state index contributed by atoms with van der Waals surface area (Å²) >= 11 is 13.8. The van der Waals surface area contributed by atoms with E-state index in [0.717, 1.165) is 85.4 Å². The van der Waals surface area contributed by atoms with E-state index in [1.807, 2.05) is 17.2 Å². The predicted molar refractivity (Wildman–Crippen MR) is 177 cm³/mol. The van der Waals surface area contributed by atoms with Crippen molar-refractivity contribution in [3.63, 3.8) is 0 Å². The molecule has 1 aromatic carbocycles. The Morgan fingerprint density at radius 2 is 1.82 bits per heavy atom. The Morgan fingerprint density at radius 1 is 1.11 bits per heavy atom. The zero-order chi connectivity index (χ0) is 31.5. The van der Waals surface area contributed by atoms with Crippen molar-refractivity contribution in [2.75, 3.05) is 57.4 Å². The molecule has 1 unspecified atom stereocenters. The van der Waals surface area contributed by atoms with Gasteiger partial charge in [-0.1, -0.05) is 29.8 Å². The average molecular weight is 657 g/mol. The van der Waals surface area contributed by atoms with Crippen LogP contribution in [0.15, 0.2) is 24.9 Å². The molecule has 4 aliphatic rings. The summed E-state index contributed by atoms with van der Waals surface area (Å²) in [4.78, 5) is 19.2. The lowest BCUT2D eigenvalue weighted by molar-refractivity contribution is -0.127.